The number of carbonyl (C=O) groups excluding carboxylic acids is 1. The van der Waals surface area contributed by atoms with Crippen LogP contribution in [0.1, 0.15) is 28.8 Å². The molecule has 5 rings (SSSR count). The number of nitrogens with one attached hydrogen (secondary N) is 2. The van der Waals surface area contributed by atoms with Crippen LogP contribution in [0.15, 0.2) is 55.1 Å². The molecule has 0 radical (unpaired) electrons. The molecule has 1 amide bonds. The van der Waals surface area contributed by atoms with E-state index in [0.717, 1.165) is 23.4 Å². The highest BCUT2D eigenvalue weighted by Gasteiger charge is 2.22. The van der Waals surface area contributed by atoms with Crippen molar-refractivity contribution in [2.75, 3.05) is 25.5 Å². The molecular formula is C26H25FN6O2. The fraction of sp³-hybridized carbons (Fsp3) is 0.269. The van der Waals surface area contributed by atoms with Gasteiger partial charge in [-0.05, 0) is 48.9 Å². The van der Waals surface area contributed by atoms with Crippen molar-refractivity contribution in [1.29, 1.82) is 0 Å². The number of halogens is 1. The van der Waals surface area contributed by atoms with Crippen LogP contribution >= 0.6 is 0 Å². The first-order chi connectivity index (χ1) is 17.1. The molecule has 178 valence electrons. The van der Waals surface area contributed by atoms with E-state index >= 15 is 0 Å². The van der Waals surface area contributed by atoms with Crippen LogP contribution in [0.3, 0.4) is 0 Å². The lowest BCUT2D eigenvalue weighted by atomic mass is 10.0. The number of pyridine rings is 2. The number of amides is 1. The van der Waals surface area contributed by atoms with Crippen molar-refractivity contribution >= 4 is 22.6 Å². The van der Waals surface area contributed by atoms with Crippen LogP contribution in [0.2, 0.25) is 0 Å². The number of rotatable bonds is 9. The standard InChI is InChI=1S/C26H25FN6O2/c1-28-26(34)19-9-11-30-25-17(4-6-20(27)24(19)25)8-10-29-22-12-21(32-15-33-22)18-5-7-23(31-13-18)35-14-16-2-3-16/h4-7,9,11-13,15-16H,2-3,8,10,14H2,1H3,(H,28,34)(H,29,32,33). The van der Waals surface area contributed by atoms with Crippen molar-refractivity contribution in [3.8, 4) is 17.1 Å². The zero-order chi connectivity index (χ0) is 24.2. The number of ether oxygens (including phenoxy) is 1. The van der Waals surface area contributed by atoms with Crippen LogP contribution in [0.25, 0.3) is 22.2 Å². The summed E-state index contributed by atoms with van der Waals surface area (Å²) in [5.74, 6) is 1.13. The van der Waals surface area contributed by atoms with Crippen molar-refractivity contribution < 1.29 is 13.9 Å². The van der Waals surface area contributed by atoms with E-state index in [9.17, 15) is 9.18 Å². The second-order valence-corrected chi connectivity index (χ2v) is 8.47. The Morgan fingerprint density at radius 3 is 2.77 bits per heavy atom. The van der Waals surface area contributed by atoms with Crippen LogP contribution in [-0.2, 0) is 6.42 Å². The maximum absolute atomic E-state index is 14.6. The quantitative estimate of drug-likeness (QED) is 0.379. The smallest absolute Gasteiger partial charge is 0.251 e. The minimum atomic E-state index is -0.471. The van der Waals surface area contributed by atoms with Crippen molar-refractivity contribution in [2.45, 2.75) is 19.3 Å². The second kappa shape index (κ2) is 10.0. The zero-order valence-electron chi connectivity index (χ0n) is 19.3. The summed E-state index contributed by atoms with van der Waals surface area (Å²) in [6.45, 7) is 1.26. The van der Waals surface area contributed by atoms with Crippen LogP contribution in [0.5, 0.6) is 5.88 Å². The van der Waals surface area contributed by atoms with Gasteiger partial charge in [-0.15, -0.1) is 0 Å². The van der Waals surface area contributed by atoms with Gasteiger partial charge in [0.2, 0.25) is 5.88 Å². The Labute approximate surface area is 202 Å². The largest absolute Gasteiger partial charge is 0.477 e. The van der Waals surface area contributed by atoms with Gasteiger partial charge >= 0.3 is 0 Å². The predicted molar refractivity (Wildman–Crippen MR) is 131 cm³/mol. The van der Waals surface area contributed by atoms with Crippen LogP contribution in [-0.4, -0.2) is 46.0 Å². The van der Waals surface area contributed by atoms with Gasteiger partial charge in [-0.2, -0.15) is 0 Å². The van der Waals surface area contributed by atoms with E-state index in [1.54, 1.807) is 12.3 Å². The number of fused-ring (bicyclic) bond motifs is 1. The summed E-state index contributed by atoms with van der Waals surface area (Å²) in [7, 11) is 1.52. The lowest BCUT2D eigenvalue weighted by Gasteiger charge is -2.11. The monoisotopic (exact) mass is 472 g/mol. The molecule has 0 bridgehead atoms. The van der Waals surface area contributed by atoms with Crippen LogP contribution in [0, 0.1) is 11.7 Å². The van der Waals surface area contributed by atoms with Gasteiger partial charge in [0, 0.05) is 49.1 Å². The summed E-state index contributed by atoms with van der Waals surface area (Å²) >= 11 is 0. The maximum Gasteiger partial charge on any atom is 0.251 e. The Balaban J connectivity index is 1.26. The third-order valence-electron chi connectivity index (χ3n) is 5.96. The van der Waals surface area contributed by atoms with Gasteiger partial charge in [0.1, 0.15) is 18.0 Å². The summed E-state index contributed by atoms with van der Waals surface area (Å²) in [5.41, 5.74) is 3.19. The van der Waals surface area contributed by atoms with Gasteiger partial charge in [0.25, 0.3) is 5.91 Å². The van der Waals surface area contributed by atoms with Gasteiger partial charge in [-0.3, -0.25) is 9.78 Å². The third kappa shape index (κ3) is 5.18. The highest BCUT2D eigenvalue weighted by molar-refractivity contribution is 6.06. The van der Waals surface area contributed by atoms with Crippen LogP contribution < -0.4 is 15.4 Å². The highest BCUT2D eigenvalue weighted by atomic mass is 19.1. The molecule has 3 aromatic heterocycles. The fourth-order valence-corrected chi connectivity index (χ4v) is 3.85. The van der Waals surface area contributed by atoms with E-state index < -0.39 is 5.82 Å². The zero-order valence-corrected chi connectivity index (χ0v) is 19.3. The minimum Gasteiger partial charge on any atom is -0.477 e. The lowest BCUT2D eigenvalue weighted by molar-refractivity contribution is 0.0964. The molecule has 0 aliphatic heterocycles. The van der Waals surface area contributed by atoms with Gasteiger partial charge in [-0.1, -0.05) is 6.07 Å². The molecule has 3 heterocycles. The van der Waals surface area contributed by atoms with Gasteiger partial charge < -0.3 is 15.4 Å². The van der Waals surface area contributed by atoms with Gasteiger partial charge in [0.15, 0.2) is 0 Å². The lowest BCUT2D eigenvalue weighted by Crippen LogP contribution is -2.18. The third-order valence-corrected chi connectivity index (χ3v) is 5.96. The Hall–Kier alpha value is -4.14. The van der Waals surface area contributed by atoms with E-state index in [0.29, 0.717) is 36.1 Å². The molecule has 1 saturated carbocycles. The molecule has 9 heteroatoms. The topological polar surface area (TPSA) is 102 Å². The van der Waals surface area contributed by atoms with Crippen molar-refractivity contribution in [3.05, 3.63) is 72.1 Å². The highest BCUT2D eigenvalue weighted by Crippen LogP contribution is 2.29. The molecule has 0 atom stereocenters. The molecule has 2 N–H and O–H groups in total. The Morgan fingerprint density at radius 2 is 2.00 bits per heavy atom. The molecule has 8 nitrogen and oxygen atoms in total. The summed E-state index contributed by atoms with van der Waals surface area (Å²) in [6, 6.07) is 10.2. The molecule has 1 fully saturated rings. The van der Waals surface area contributed by atoms with Gasteiger partial charge in [0.05, 0.1) is 23.4 Å². The van der Waals surface area contributed by atoms with Crippen molar-refractivity contribution in [2.24, 2.45) is 5.92 Å². The molecule has 0 unspecified atom stereocenters. The summed E-state index contributed by atoms with van der Waals surface area (Å²) in [5, 5.41) is 6.06. The molecule has 1 aliphatic rings. The first-order valence-corrected chi connectivity index (χ1v) is 11.6. The number of aromatic nitrogens is 4. The predicted octanol–water partition coefficient (Wildman–Crippen LogP) is 4.03. The van der Waals surface area contributed by atoms with E-state index in [1.807, 2.05) is 18.2 Å². The fourth-order valence-electron chi connectivity index (χ4n) is 3.85. The number of benzene rings is 1. The van der Waals surface area contributed by atoms with E-state index in [2.05, 4.69) is 30.6 Å². The number of hydrogen-bond acceptors (Lipinski definition) is 7. The van der Waals surface area contributed by atoms with E-state index in [4.69, 9.17) is 4.74 Å². The Kier molecular flexibility index (Phi) is 6.47. The molecule has 0 saturated heterocycles. The Bertz CT molecular complexity index is 1360. The van der Waals surface area contributed by atoms with Gasteiger partial charge in [-0.25, -0.2) is 19.3 Å². The Morgan fingerprint density at radius 1 is 1.11 bits per heavy atom. The molecule has 35 heavy (non-hydrogen) atoms. The number of hydrogen-bond donors (Lipinski definition) is 2. The molecule has 1 aliphatic carbocycles. The van der Waals surface area contributed by atoms with E-state index in [1.165, 1.54) is 44.5 Å². The van der Waals surface area contributed by atoms with Crippen LogP contribution in [0.4, 0.5) is 10.2 Å². The molecule has 0 spiro atoms. The summed E-state index contributed by atoms with van der Waals surface area (Å²) in [6.07, 6.45) is 7.80. The molecular weight excluding hydrogens is 447 g/mol. The SMILES string of the molecule is CNC(=O)c1ccnc2c(CCNc3cc(-c4ccc(OCC5CC5)nc4)ncn3)ccc(F)c12. The van der Waals surface area contributed by atoms with E-state index in [-0.39, 0.29) is 16.9 Å². The number of anilines is 1. The number of nitrogens with zero attached hydrogens (tertiary/aromatic N) is 4. The number of carbonyl (C=O) groups is 1. The normalized spacial score (nSPS) is 13.0. The van der Waals surface area contributed by atoms with Crippen molar-refractivity contribution in [3.63, 3.8) is 0 Å². The average Bonchev–Trinajstić information content (AvgIpc) is 3.73. The molecule has 4 aromatic rings. The summed E-state index contributed by atoms with van der Waals surface area (Å²) in [4.78, 5) is 29.5. The first kappa shape index (κ1) is 22.6. The maximum atomic E-state index is 14.6. The average molecular weight is 473 g/mol. The first-order valence-electron chi connectivity index (χ1n) is 11.6. The minimum absolute atomic E-state index is 0.228. The molecule has 1 aromatic carbocycles. The van der Waals surface area contributed by atoms with Crippen molar-refractivity contribution in [1.82, 2.24) is 25.3 Å². The summed E-state index contributed by atoms with van der Waals surface area (Å²) < 4.78 is 20.3. The second-order valence-electron chi connectivity index (χ2n) is 8.47.